The number of hydrogen-bond acceptors (Lipinski definition) is 6. The lowest BCUT2D eigenvalue weighted by Gasteiger charge is -2.22. The number of aromatic nitrogens is 2. The molecule has 0 radical (unpaired) electrons. The summed E-state index contributed by atoms with van der Waals surface area (Å²) in [7, 11) is -2.86. The molecule has 1 unspecified atom stereocenters. The Morgan fingerprint density at radius 1 is 1.56 bits per heavy atom. The number of nitrogens with one attached hydrogen (secondary N) is 1. The minimum Gasteiger partial charge on any atom is -0.340 e. The van der Waals surface area contributed by atoms with Crippen LogP contribution in [0.2, 0.25) is 0 Å². The Kier molecular flexibility index (Phi) is 3.25. The molecule has 90 valence electrons. The monoisotopic (exact) mass is 245 g/mol. The van der Waals surface area contributed by atoms with Crippen LogP contribution in [0.25, 0.3) is 0 Å². The van der Waals surface area contributed by atoms with Gasteiger partial charge in [0.05, 0.1) is 18.1 Å². The van der Waals surface area contributed by atoms with E-state index in [4.69, 9.17) is 4.52 Å². The first-order valence-corrected chi connectivity index (χ1v) is 7.10. The second-order valence-corrected chi connectivity index (χ2v) is 6.29. The van der Waals surface area contributed by atoms with Gasteiger partial charge in [0.25, 0.3) is 0 Å². The molecule has 2 heterocycles. The van der Waals surface area contributed by atoms with Crippen LogP contribution in [0.15, 0.2) is 4.52 Å². The van der Waals surface area contributed by atoms with E-state index in [9.17, 15) is 8.42 Å². The molecule has 16 heavy (non-hydrogen) atoms. The van der Waals surface area contributed by atoms with Crippen molar-refractivity contribution >= 4 is 9.84 Å². The SMILES string of the molecule is Cc1nc(CNC2CCCS(=O)(=O)C2)no1. The van der Waals surface area contributed by atoms with Gasteiger partial charge in [-0.25, -0.2) is 8.42 Å². The van der Waals surface area contributed by atoms with E-state index >= 15 is 0 Å². The number of rotatable bonds is 3. The van der Waals surface area contributed by atoms with Crippen LogP contribution in [-0.2, 0) is 16.4 Å². The van der Waals surface area contributed by atoms with E-state index in [1.165, 1.54) is 0 Å². The van der Waals surface area contributed by atoms with Crippen LogP contribution in [0.5, 0.6) is 0 Å². The van der Waals surface area contributed by atoms with Crippen LogP contribution >= 0.6 is 0 Å². The minimum absolute atomic E-state index is 0.0116. The van der Waals surface area contributed by atoms with Crippen LogP contribution in [-0.4, -0.2) is 36.1 Å². The van der Waals surface area contributed by atoms with Crippen molar-refractivity contribution in [3.8, 4) is 0 Å². The van der Waals surface area contributed by atoms with E-state index < -0.39 is 9.84 Å². The summed E-state index contributed by atoms with van der Waals surface area (Å²) in [4.78, 5) is 4.04. The largest absolute Gasteiger partial charge is 0.340 e. The fourth-order valence-corrected chi connectivity index (χ4v) is 3.50. The summed E-state index contributed by atoms with van der Waals surface area (Å²) in [5.41, 5.74) is 0. The van der Waals surface area contributed by atoms with Crippen molar-refractivity contribution < 1.29 is 12.9 Å². The van der Waals surface area contributed by atoms with Crippen LogP contribution in [0, 0.1) is 6.92 Å². The van der Waals surface area contributed by atoms with Gasteiger partial charge >= 0.3 is 0 Å². The van der Waals surface area contributed by atoms with Gasteiger partial charge in [0.2, 0.25) is 5.89 Å². The zero-order valence-electron chi connectivity index (χ0n) is 9.14. The average molecular weight is 245 g/mol. The molecule has 1 saturated heterocycles. The first-order chi connectivity index (χ1) is 7.55. The van der Waals surface area contributed by atoms with Crippen LogP contribution in [0.3, 0.4) is 0 Å². The number of sulfone groups is 1. The van der Waals surface area contributed by atoms with Gasteiger partial charge in [-0.05, 0) is 12.8 Å². The Morgan fingerprint density at radius 3 is 3.00 bits per heavy atom. The Balaban J connectivity index is 1.86. The Bertz CT molecular complexity index is 454. The number of aryl methyl sites for hydroxylation is 1. The Hall–Kier alpha value is -0.950. The van der Waals surface area contributed by atoms with Gasteiger partial charge in [-0.15, -0.1) is 0 Å². The predicted molar refractivity (Wildman–Crippen MR) is 57.6 cm³/mol. The van der Waals surface area contributed by atoms with Gasteiger partial charge in [-0.2, -0.15) is 4.98 Å². The second kappa shape index (κ2) is 4.50. The number of nitrogens with zero attached hydrogens (tertiary/aromatic N) is 2. The van der Waals surface area contributed by atoms with Crippen LogP contribution < -0.4 is 5.32 Å². The summed E-state index contributed by atoms with van der Waals surface area (Å²) in [5, 5.41) is 6.88. The maximum atomic E-state index is 11.4. The van der Waals surface area contributed by atoms with Crippen molar-refractivity contribution in [2.24, 2.45) is 0 Å². The van der Waals surface area contributed by atoms with Gasteiger partial charge < -0.3 is 9.84 Å². The Morgan fingerprint density at radius 2 is 2.38 bits per heavy atom. The van der Waals surface area contributed by atoms with Crippen molar-refractivity contribution in [2.75, 3.05) is 11.5 Å². The van der Waals surface area contributed by atoms with E-state index in [0.717, 1.165) is 12.8 Å². The summed E-state index contributed by atoms with van der Waals surface area (Å²) < 4.78 is 27.6. The van der Waals surface area contributed by atoms with Crippen molar-refractivity contribution in [1.29, 1.82) is 0 Å². The van der Waals surface area contributed by atoms with Crippen LogP contribution in [0.1, 0.15) is 24.6 Å². The first kappa shape index (κ1) is 11.5. The molecule has 1 aromatic rings. The molecule has 1 N–H and O–H groups in total. The summed E-state index contributed by atoms with van der Waals surface area (Å²) in [6.07, 6.45) is 1.61. The standard InChI is InChI=1S/C9H15N3O3S/c1-7-11-9(12-15-7)5-10-8-3-2-4-16(13,14)6-8/h8,10H,2-6H2,1H3. The third-order valence-corrected chi connectivity index (χ3v) is 4.40. The molecule has 0 aliphatic carbocycles. The normalized spacial score (nSPS) is 24.4. The molecule has 0 bridgehead atoms. The third kappa shape index (κ3) is 3.02. The molecule has 0 saturated carbocycles. The van der Waals surface area contributed by atoms with E-state index in [-0.39, 0.29) is 11.8 Å². The maximum Gasteiger partial charge on any atom is 0.223 e. The van der Waals surface area contributed by atoms with E-state index in [1.54, 1.807) is 6.92 Å². The van der Waals surface area contributed by atoms with Gasteiger partial charge in [0.15, 0.2) is 15.7 Å². The molecule has 1 aliphatic rings. The molecule has 1 fully saturated rings. The highest BCUT2D eigenvalue weighted by Gasteiger charge is 2.24. The molecular formula is C9H15N3O3S. The molecular weight excluding hydrogens is 230 g/mol. The molecule has 2 rings (SSSR count). The molecule has 0 aromatic carbocycles. The number of hydrogen-bond donors (Lipinski definition) is 1. The lowest BCUT2D eigenvalue weighted by Crippen LogP contribution is -2.39. The van der Waals surface area contributed by atoms with Gasteiger partial charge in [-0.3, -0.25) is 0 Å². The fraction of sp³-hybridized carbons (Fsp3) is 0.778. The zero-order chi connectivity index (χ0) is 11.6. The second-order valence-electron chi connectivity index (χ2n) is 4.06. The van der Waals surface area contributed by atoms with E-state index in [2.05, 4.69) is 15.5 Å². The molecule has 1 atom stereocenters. The highest BCUT2D eigenvalue weighted by molar-refractivity contribution is 7.91. The van der Waals surface area contributed by atoms with Crippen molar-refractivity contribution in [2.45, 2.75) is 32.4 Å². The minimum atomic E-state index is -2.86. The summed E-state index contributed by atoms with van der Waals surface area (Å²) in [6.45, 7) is 2.18. The highest BCUT2D eigenvalue weighted by Crippen LogP contribution is 2.12. The summed E-state index contributed by atoms with van der Waals surface area (Å²) in [6, 6.07) is 0.0116. The zero-order valence-corrected chi connectivity index (χ0v) is 9.96. The molecule has 1 aliphatic heterocycles. The maximum absolute atomic E-state index is 11.4. The smallest absolute Gasteiger partial charge is 0.223 e. The van der Waals surface area contributed by atoms with E-state index in [0.29, 0.717) is 24.0 Å². The van der Waals surface area contributed by atoms with Gasteiger partial charge in [0, 0.05) is 13.0 Å². The third-order valence-electron chi connectivity index (χ3n) is 2.58. The lowest BCUT2D eigenvalue weighted by atomic mass is 10.2. The molecule has 1 aromatic heterocycles. The molecule has 7 heteroatoms. The molecule has 6 nitrogen and oxygen atoms in total. The topological polar surface area (TPSA) is 85.1 Å². The van der Waals surface area contributed by atoms with Gasteiger partial charge in [0.1, 0.15) is 0 Å². The first-order valence-electron chi connectivity index (χ1n) is 5.28. The molecule has 0 amide bonds. The van der Waals surface area contributed by atoms with E-state index in [1.807, 2.05) is 0 Å². The van der Waals surface area contributed by atoms with Crippen molar-refractivity contribution in [3.05, 3.63) is 11.7 Å². The van der Waals surface area contributed by atoms with Crippen molar-refractivity contribution in [3.63, 3.8) is 0 Å². The quantitative estimate of drug-likeness (QED) is 0.809. The van der Waals surface area contributed by atoms with Crippen LogP contribution in [0.4, 0.5) is 0 Å². The molecule has 0 spiro atoms. The van der Waals surface area contributed by atoms with Crippen molar-refractivity contribution in [1.82, 2.24) is 15.5 Å². The fourth-order valence-electron chi connectivity index (χ4n) is 1.83. The summed E-state index contributed by atoms with van der Waals surface area (Å²) in [5.74, 6) is 1.62. The highest BCUT2D eigenvalue weighted by atomic mass is 32.2. The Labute approximate surface area is 94.3 Å². The average Bonchev–Trinajstić information content (AvgIpc) is 2.60. The predicted octanol–water partition coefficient (Wildman–Crippen LogP) is 0.0448. The lowest BCUT2D eigenvalue weighted by molar-refractivity contribution is 0.382. The van der Waals surface area contributed by atoms with Gasteiger partial charge in [-0.1, -0.05) is 5.16 Å². The summed E-state index contributed by atoms with van der Waals surface area (Å²) >= 11 is 0.